The van der Waals surface area contributed by atoms with Gasteiger partial charge in [-0.1, -0.05) is 13.8 Å². The van der Waals surface area contributed by atoms with Gasteiger partial charge in [0.15, 0.2) is 0 Å². The van der Waals surface area contributed by atoms with Gasteiger partial charge in [0.25, 0.3) is 0 Å². The Morgan fingerprint density at radius 1 is 1.32 bits per heavy atom. The molecule has 1 fully saturated rings. The molecule has 3 nitrogen and oxygen atoms in total. The van der Waals surface area contributed by atoms with Crippen molar-refractivity contribution >= 4 is 28.5 Å². The highest BCUT2D eigenvalue weighted by Crippen LogP contribution is 2.34. The van der Waals surface area contributed by atoms with Crippen molar-refractivity contribution in [2.24, 2.45) is 0 Å². The van der Waals surface area contributed by atoms with E-state index in [0.717, 1.165) is 11.2 Å². The summed E-state index contributed by atoms with van der Waals surface area (Å²) < 4.78 is 2.47. The lowest BCUT2D eigenvalue weighted by Gasteiger charge is -2.26. The van der Waals surface area contributed by atoms with E-state index in [1.165, 1.54) is 35.7 Å². The number of hydrogen-bond acceptors (Lipinski definition) is 3. The molecule has 2 heterocycles. The van der Waals surface area contributed by atoms with Gasteiger partial charge >= 0.3 is 0 Å². The molecule has 0 saturated carbocycles. The van der Waals surface area contributed by atoms with Crippen molar-refractivity contribution in [2.45, 2.75) is 38.6 Å². The SMILES string of the molecule is CC(C)c1nc2cc(N)ccc2n1C1CCSCC1. The first-order chi connectivity index (χ1) is 9.16. The van der Waals surface area contributed by atoms with Crippen LogP contribution in [0.5, 0.6) is 0 Å². The van der Waals surface area contributed by atoms with E-state index in [9.17, 15) is 0 Å². The zero-order valence-corrected chi connectivity index (χ0v) is 12.4. The molecule has 4 heteroatoms. The van der Waals surface area contributed by atoms with Gasteiger partial charge < -0.3 is 10.3 Å². The minimum atomic E-state index is 0.447. The fourth-order valence-corrected chi connectivity index (χ4v) is 3.95. The van der Waals surface area contributed by atoms with Crippen LogP contribution < -0.4 is 5.73 Å². The maximum atomic E-state index is 5.89. The van der Waals surface area contributed by atoms with E-state index in [4.69, 9.17) is 10.7 Å². The summed E-state index contributed by atoms with van der Waals surface area (Å²) in [6, 6.07) is 6.72. The van der Waals surface area contributed by atoms with E-state index >= 15 is 0 Å². The Balaban J connectivity index is 2.15. The zero-order chi connectivity index (χ0) is 13.4. The lowest BCUT2D eigenvalue weighted by Crippen LogP contribution is -2.18. The van der Waals surface area contributed by atoms with Gasteiger partial charge in [-0.3, -0.25) is 0 Å². The highest BCUT2D eigenvalue weighted by atomic mass is 32.2. The van der Waals surface area contributed by atoms with Crippen LogP contribution in [-0.2, 0) is 0 Å². The van der Waals surface area contributed by atoms with Crippen LogP contribution >= 0.6 is 11.8 Å². The molecule has 0 radical (unpaired) electrons. The second-order valence-electron chi connectivity index (χ2n) is 5.59. The van der Waals surface area contributed by atoms with Crippen LogP contribution in [0.1, 0.15) is 44.5 Å². The summed E-state index contributed by atoms with van der Waals surface area (Å²) in [4.78, 5) is 4.82. The van der Waals surface area contributed by atoms with Crippen molar-refractivity contribution in [3.63, 3.8) is 0 Å². The van der Waals surface area contributed by atoms with Gasteiger partial charge in [-0.15, -0.1) is 0 Å². The average molecular weight is 275 g/mol. The van der Waals surface area contributed by atoms with Crippen molar-refractivity contribution in [1.82, 2.24) is 9.55 Å². The molecule has 0 atom stereocenters. The molecule has 1 aromatic carbocycles. The van der Waals surface area contributed by atoms with Gasteiger partial charge in [-0.25, -0.2) is 4.98 Å². The lowest BCUT2D eigenvalue weighted by molar-refractivity contribution is 0.457. The Morgan fingerprint density at radius 3 is 2.74 bits per heavy atom. The molecule has 0 spiro atoms. The van der Waals surface area contributed by atoms with Crippen LogP contribution in [0.4, 0.5) is 5.69 Å². The van der Waals surface area contributed by atoms with Crippen LogP contribution in [0.3, 0.4) is 0 Å². The summed E-state index contributed by atoms with van der Waals surface area (Å²) in [5.74, 6) is 4.17. The largest absolute Gasteiger partial charge is 0.399 e. The van der Waals surface area contributed by atoms with Crippen LogP contribution in [0.25, 0.3) is 11.0 Å². The Kier molecular flexibility index (Phi) is 3.44. The first kappa shape index (κ1) is 12.9. The van der Waals surface area contributed by atoms with E-state index < -0.39 is 0 Å². The molecule has 102 valence electrons. The average Bonchev–Trinajstić information content (AvgIpc) is 2.78. The molecule has 2 N–H and O–H groups in total. The van der Waals surface area contributed by atoms with Gasteiger partial charge in [-0.2, -0.15) is 11.8 Å². The molecule has 1 aliphatic rings. The van der Waals surface area contributed by atoms with Gasteiger partial charge in [-0.05, 0) is 42.5 Å². The van der Waals surface area contributed by atoms with E-state index in [1.54, 1.807) is 0 Å². The Labute approximate surface area is 118 Å². The quantitative estimate of drug-likeness (QED) is 0.848. The number of hydrogen-bond donors (Lipinski definition) is 1. The first-order valence-electron chi connectivity index (χ1n) is 7.02. The molecule has 0 unspecified atom stereocenters. The molecule has 3 rings (SSSR count). The molecule has 1 aromatic heterocycles. The van der Waals surface area contributed by atoms with E-state index in [-0.39, 0.29) is 0 Å². The number of aromatic nitrogens is 2. The summed E-state index contributed by atoms with van der Waals surface area (Å²) in [6.45, 7) is 4.44. The van der Waals surface area contributed by atoms with Crippen LogP contribution in [0.15, 0.2) is 18.2 Å². The van der Waals surface area contributed by atoms with Crippen LogP contribution in [0.2, 0.25) is 0 Å². The summed E-state index contributed by atoms with van der Waals surface area (Å²) in [6.07, 6.45) is 2.50. The molecule has 1 aliphatic heterocycles. The lowest BCUT2D eigenvalue weighted by atomic mass is 10.1. The van der Waals surface area contributed by atoms with Gasteiger partial charge in [0, 0.05) is 17.6 Å². The first-order valence-corrected chi connectivity index (χ1v) is 8.17. The van der Waals surface area contributed by atoms with Crippen molar-refractivity contribution in [3.8, 4) is 0 Å². The minimum absolute atomic E-state index is 0.447. The summed E-state index contributed by atoms with van der Waals surface area (Å²) >= 11 is 2.06. The van der Waals surface area contributed by atoms with Crippen LogP contribution in [0, 0.1) is 0 Å². The maximum absolute atomic E-state index is 5.89. The van der Waals surface area contributed by atoms with Gasteiger partial charge in [0.1, 0.15) is 5.82 Å². The second-order valence-corrected chi connectivity index (χ2v) is 6.81. The summed E-state index contributed by atoms with van der Waals surface area (Å²) in [7, 11) is 0. The Bertz CT molecular complexity index is 582. The molecule has 19 heavy (non-hydrogen) atoms. The normalized spacial score (nSPS) is 17.4. The molecular weight excluding hydrogens is 254 g/mol. The Morgan fingerprint density at radius 2 is 2.05 bits per heavy atom. The number of imidazole rings is 1. The molecular formula is C15H21N3S. The maximum Gasteiger partial charge on any atom is 0.112 e. The predicted molar refractivity (Wildman–Crippen MR) is 83.8 cm³/mol. The number of fused-ring (bicyclic) bond motifs is 1. The van der Waals surface area contributed by atoms with Gasteiger partial charge in [0.2, 0.25) is 0 Å². The van der Waals surface area contributed by atoms with Crippen molar-refractivity contribution in [2.75, 3.05) is 17.2 Å². The number of nitrogens with zero attached hydrogens (tertiary/aromatic N) is 2. The fraction of sp³-hybridized carbons (Fsp3) is 0.533. The van der Waals surface area contributed by atoms with Crippen molar-refractivity contribution < 1.29 is 0 Å². The standard InChI is InChI=1S/C15H21N3S/c1-10(2)15-17-13-9-11(16)3-4-14(13)18(15)12-5-7-19-8-6-12/h3-4,9-10,12H,5-8,16H2,1-2H3. The second kappa shape index (κ2) is 5.08. The highest BCUT2D eigenvalue weighted by Gasteiger charge is 2.22. The van der Waals surface area contributed by atoms with E-state index in [2.05, 4.69) is 36.2 Å². The fourth-order valence-electron chi connectivity index (χ4n) is 2.87. The number of nitrogens with two attached hydrogens (primary N) is 1. The monoisotopic (exact) mass is 275 g/mol. The van der Waals surface area contributed by atoms with Crippen molar-refractivity contribution in [1.29, 1.82) is 0 Å². The van der Waals surface area contributed by atoms with Crippen molar-refractivity contribution in [3.05, 3.63) is 24.0 Å². The van der Waals surface area contributed by atoms with Gasteiger partial charge in [0.05, 0.1) is 11.0 Å². The van der Waals surface area contributed by atoms with Crippen LogP contribution in [-0.4, -0.2) is 21.1 Å². The number of rotatable bonds is 2. The number of benzene rings is 1. The third-order valence-electron chi connectivity index (χ3n) is 3.81. The topological polar surface area (TPSA) is 43.8 Å². The molecule has 1 saturated heterocycles. The number of anilines is 1. The predicted octanol–water partition coefficient (Wildman–Crippen LogP) is 3.81. The highest BCUT2D eigenvalue weighted by molar-refractivity contribution is 7.99. The molecule has 0 aliphatic carbocycles. The molecule has 2 aromatic rings. The summed E-state index contributed by atoms with van der Waals surface area (Å²) in [5.41, 5.74) is 8.97. The summed E-state index contributed by atoms with van der Waals surface area (Å²) in [5, 5.41) is 0. The third-order valence-corrected chi connectivity index (χ3v) is 4.86. The van der Waals surface area contributed by atoms with E-state index in [0.29, 0.717) is 12.0 Å². The zero-order valence-electron chi connectivity index (χ0n) is 11.6. The number of thioether (sulfide) groups is 1. The molecule has 0 amide bonds. The van der Waals surface area contributed by atoms with E-state index in [1.807, 2.05) is 12.1 Å². The smallest absolute Gasteiger partial charge is 0.112 e. The number of nitrogen functional groups attached to an aromatic ring is 1. The minimum Gasteiger partial charge on any atom is -0.399 e. The molecule has 0 bridgehead atoms. The third kappa shape index (κ3) is 2.34. The Hall–Kier alpha value is -1.16.